The fourth-order valence-electron chi connectivity index (χ4n) is 2.21. The van der Waals surface area contributed by atoms with Crippen LogP contribution >= 0.6 is 11.3 Å². The van der Waals surface area contributed by atoms with Crippen molar-refractivity contribution in [2.24, 2.45) is 0 Å². The van der Waals surface area contributed by atoms with Crippen molar-refractivity contribution in [3.63, 3.8) is 0 Å². The van der Waals surface area contributed by atoms with Crippen LogP contribution in [0.5, 0.6) is 0 Å². The number of aromatic carboxylic acids is 1. The average molecular weight is 357 g/mol. The topological polar surface area (TPSA) is 105 Å². The average Bonchev–Trinajstić information content (AvgIpc) is 3.25. The van der Waals surface area contributed by atoms with E-state index in [0.29, 0.717) is 23.7 Å². The summed E-state index contributed by atoms with van der Waals surface area (Å²) in [6.45, 7) is 0. The molecule has 2 aromatic heterocycles. The summed E-state index contributed by atoms with van der Waals surface area (Å²) in [5.74, 6) is -0.830. The summed E-state index contributed by atoms with van der Waals surface area (Å²) in [5, 5.41) is 17.4. The van der Waals surface area contributed by atoms with Crippen LogP contribution in [0.3, 0.4) is 0 Å². The van der Waals surface area contributed by atoms with E-state index in [0.717, 1.165) is 11.3 Å². The van der Waals surface area contributed by atoms with E-state index in [1.54, 1.807) is 0 Å². The second-order valence-corrected chi connectivity index (χ2v) is 6.15. The van der Waals surface area contributed by atoms with Gasteiger partial charge in [-0.25, -0.2) is 9.78 Å². The first-order valence-corrected chi connectivity index (χ1v) is 8.49. The number of amides is 1. The number of carbonyl (C=O) groups is 2. The maximum Gasteiger partial charge on any atom is 0.358 e. The normalized spacial score (nSPS) is 10.6. The molecule has 0 fully saturated rings. The Morgan fingerprint density at radius 1 is 1.24 bits per heavy atom. The second kappa shape index (κ2) is 7.71. The molecule has 3 rings (SSSR count). The molecule has 128 valence electrons. The van der Waals surface area contributed by atoms with Crippen molar-refractivity contribution in [1.29, 1.82) is 0 Å². The molecule has 1 aromatic carbocycles. The van der Waals surface area contributed by atoms with E-state index >= 15 is 0 Å². The molecule has 3 aromatic rings. The molecule has 1 amide bonds. The van der Waals surface area contributed by atoms with Crippen molar-refractivity contribution < 1.29 is 19.2 Å². The van der Waals surface area contributed by atoms with Crippen molar-refractivity contribution >= 4 is 28.3 Å². The first-order chi connectivity index (χ1) is 12.1. The van der Waals surface area contributed by atoms with Gasteiger partial charge in [0, 0.05) is 29.9 Å². The number of nitrogens with one attached hydrogen (secondary N) is 1. The fourth-order valence-corrected chi connectivity index (χ4v) is 2.95. The summed E-state index contributed by atoms with van der Waals surface area (Å²) in [7, 11) is 0. The molecule has 25 heavy (non-hydrogen) atoms. The largest absolute Gasteiger partial charge is 0.476 e. The highest BCUT2D eigenvalue weighted by molar-refractivity contribution is 7.14. The zero-order chi connectivity index (χ0) is 17.6. The van der Waals surface area contributed by atoms with E-state index in [1.807, 2.05) is 35.7 Å². The lowest BCUT2D eigenvalue weighted by atomic mass is 10.2. The Labute approximate surface area is 147 Å². The molecule has 2 heterocycles. The van der Waals surface area contributed by atoms with Gasteiger partial charge in [0.05, 0.1) is 5.69 Å². The van der Waals surface area contributed by atoms with Crippen LogP contribution in [0.1, 0.15) is 29.1 Å². The van der Waals surface area contributed by atoms with Crippen molar-refractivity contribution in [3.05, 3.63) is 53.2 Å². The van der Waals surface area contributed by atoms with Gasteiger partial charge in [0.2, 0.25) is 5.91 Å². The number of nitrogens with zero attached hydrogens (tertiary/aromatic N) is 2. The number of carboxylic acids is 1. The van der Waals surface area contributed by atoms with Gasteiger partial charge in [0.1, 0.15) is 5.76 Å². The SMILES string of the molecule is O=C(CCCc1cc(C(=O)O)no1)Nc1nc(-c2ccccc2)cs1. The number of anilines is 1. The molecule has 0 saturated carbocycles. The summed E-state index contributed by atoms with van der Waals surface area (Å²) >= 11 is 1.37. The van der Waals surface area contributed by atoms with Crippen LogP contribution in [0.4, 0.5) is 5.13 Å². The maximum atomic E-state index is 12.0. The third kappa shape index (κ3) is 4.51. The van der Waals surface area contributed by atoms with Crippen molar-refractivity contribution in [1.82, 2.24) is 10.1 Å². The highest BCUT2D eigenvalue weighted by Crippen LogP contribution is 2.24. The summed E-state index contributed by atoms with van der Waals surface area (Å²) in [6, 6.07) is 11.1. The predicted octanol–water partition coefficient (Wildman–Crippen LogP) is 3.46. The van der Waals surface area contributed by atoms with Crippen LogP contribution in [0.25, 0.3) is 11.3 Å². The summed E-state index contributed by atoms with van der Waals surface area (Å²) in [5.41, 5.74) is 1.69. The van der Waals surface area contributed by atoms with Gasteiger partial charge in [-0.15, -0.1) is 11.3 Å². The van der Waals surface area contributed by atoms with Gasteiger partial charge in [0.15, 0.2) is 10.8 Å². The van der Waals surface area contributed by atoms with E-state index in [1.165, 1.54) is 17.4 Å². The Morgan fingerprint density at radius 2 is 2.04 bits per heavy atom. The minimum atomic E-state index is -1.13. The van der Waals surface area contributed by atoms with Crippen LogP contribution < -0.4 is 5.32 Å². The molecule has 0 bridgehead atoms. The summed E-state index contributed by atoms with van der Waals surface area (Å²) in [6.07, 6.45) is 1.25. The van der Waals surface area contributed by atoms with E-state index in [9.17, 15) is 9.59 Å². The molecule has 0 aliphatic heterocycles. The highest BCUT2D eigenvalue weighted by atomic mass is 32.1. The number of aromatic nitrogens is 2. The Hall–Kier alpha value is -3.00. The minimum Gasteiger partial charge on any atom is -0.476 e. The third-order valence-electron chi connectivity index (χ3n) is 3.43. The van der Waals surface area contributed by atoms with Gasteiger partial charge in [0.25, 0.3) is 0 Å². The first-order valence-electron chi connectivity index (χ1n) is 7.61. The molecular formula is C17H15N3O4S. The summed E-state index contributed by atoms with van der Waals surface area (Å²) < 4.78 is 4.91. The number of benzene rings is 1. The van der Waals surface area contributed by atoms with Crippen LogP contribution in [0, 0.1) is 0 Å². The van der Waals surface area contributed by atoms with Gasteiger partial charge in [-0.3, -0.25) is 4.79 Å². The first kappa shape index (κ1) is 16.8. The number of hydrogen-bond acceptors (Lipinski definition) is 6. The molecule has 0 spiro atoms. The molecule has 0 atom stereocenters. The van der Waals surface area contributed by atoms with Gasteiger partial charge < -0.3 is 14.9 Å². The van der Waals surface area contributed by atoms with Crippen LogP contribution in [-0.4, -0.2) is 27.1 Å². The van der Waals surface area contributed by atoms with E-state index < -0.39 is 5.97 Å². The number of aryl methyl sites for hydroxylation is 1. The Morgan fingerprint density at radius 3 is 2.76 bits per heavy atom. The van der Waals surface area contributed by atoms with Gasteiger partial charge in [-0.05, 0) is 6.42 Å². The Bertz CT molecular complexity index is 873. The molecule has 0 saturated heterocycles. The van der Waals surface area contributed by atoms with Crippen molar-refractivity contribution in [2.75, 3.05) is 5.32 Å². The smallest absolute Gasteiger partial charge is 0.358 e. The Balaban J connectivity index is 1.48. The van der Waals surface area contributed by atoms with Crippen LogP contribution in [-0.2, 0) is 11.2 Å². The lowest BCUT2D eigenvalue weighted by Crippen LogP contribution is -2.11. The molecule has 0 aliphatic rings. The molecular weight excluding hydrogens is 342 g/mol. The number of carbonyl (C=O) groups excluding carboxylic acids is 1. The van der Waals surface area contributed by atoms with Crippen molar-refractivity contribution in [2.45, 2.75) is 19.3 Å². The number of carboxylic acid groups (broad SMARTS) is 1. The van der Waals surface area contributed by atoms with Gasteiger partial charge >= 0.3 is 5.97 Å². The highest BCUT2D eigenvalue weighted by Gasteiger charge is 2.12. The molecule has 0 aliphatic carbocycles. The number of thiazole rings is 1. The van der Waals surface area contributed by atoms with Crippen LogP contribution in [0.2, 0.25) is 0 Å². The van der Waals surface area contributed by atoms with Crippen molar-refractivity contribution in [3.8, 4) is 11.3 Å². The van der Waals surface area contributed by atoms with E-state index in [-0.39, 0.29) is 18.0 Å². The third-order valence-corrected chi connectivity index (χ3v) is 4.18. The summed E-state index contributed by atoms with van der Waals surface area (Å²) in [4.78, 5) is 27.1. The monoisotopic (exact) mass is 357 g/mol. The molecule has 8 heteroatoms. The quantitative estimate of drug-likeness (QED) is 0.671. The standard InChI is InChI=1S/C17H15N3O4S/c21-15(8-4-7-12-9-13(16(22)23)20-24-12)19-17-18-14(10-25-17)11-5-2-1-3-6-11/h1-3,5-6,9-10H,4,7-8H2,(H,22,23)(H,18,19,21). The van der Waals surface area contributed by atoms with Crippen LogP contribution in [0.15, 0.2) is 46.3 Å². The predicted molar refractivity (Wildman–Crippen MR) is 92.6 cm³/mol. The number of rotatable bonds is 7. The lowest BCUT2D eigenvalue weighted by molar-refractivity contribution is -0.116. The molecule has 0 unspecified atom stereocenters. The van der Waals surface area contributed by atoms with Gasteiger partial charge in [-0.1, -0.05) is 35.5 Å². The zero-order valence-corrected chi connectivity index (χ0v) is 14.0. The molecule has 0 radical (unpaired) electrons. The molecule has 7 nitrogen and oxygen atoms in total. The lowest BCUT2D eigenvalue weighted by Gasteiger charge is -2.00. The zero-order valence-electron chi connectivity index (χ0n) is 13.1. The molecule has 2 N–H and O–H groups in total. The minimum absolute atomic E-state index is 0.129. The maximum absolute atomic E-state index is 12.0. The Kier molecular flexibility index (Phi) is 5.20. The van der Waals surface area contributed by atoms with E-state index in [2.05, 4.69) is 15.5 Å². The fraction of sp³-hybridized carbons (Fsp3) is 0.176. The number of hydrogen-bond donors (Lipinski definition) is 2. The second-order valence-electron chi connectivity index (χ2n) is 5.29. The van der Waals surface area contributed by atoms with Gasteiger partial charge in [-0.2, -0.15) is 0 Å². The van der Waals surface area contributed by atoms with E-state index in [4.69, 9.17) is 9.63 Å².